The van der Waals surface area contributed by atoms with Gasteiger partial charge in [-0.05, 0) is 31.4 Å². The fourth-order valence-electron chi connectivity index (χ4n) is 1.84. The van der Waals surface area contributed by atoms with E-state index >= 15 is 0 Å². The lowest BCUT2D eigenvalue weighted by atomic mass is 10.2. The molecule has 1 aromatic carbocycles. The van der Waals surface area contributed by atoms with Crippen LogP contribution in [-0.4, -0.2) is 12.4 Å². The summed E-state index contributed by atoms with van der Waals surface area (Å²) in [6, 6.07) is 8.37. The molecule has 0 aromatic heterocycles. The Bertz CT molecular complexity index is 361. The smallest absolute Gasteiger partial charge is 0.101 e. The van der Waals surface area contributed by atoms with Crippen LogP contribution in [0, 0.1) is 6.92 Å². The molecule has 0 saturated carbocycles. The van der Waals surface area contributed by atoms with Crippen LogP contribution in [0.3, 0.4) is 0 Å². The molecule has 0 amide bonds. The minimum atomic E-state index is 0. The van der Waals surface area contributed by atoms with Gasteiger partial charge < -0.3 is 5.32 Å². The Morgan fingerprint density at radius 1 is 1.12 bits per heavy atom. The first-order valence-corrected chi connectivity index (χ1v) is 5.72. The number of para-hydroxylation sites is 1. The van der Waals surface area contributed by atoms with E-state index in [1.165, 1.54) is 30.5 Å². The molecule has 0 aliphatic carbocycles. The standard InChI is InChI=1S/C13H18N2.ClH/c1-11-7-4-5-8-12(11)15-13-9-3-2-6-10-14-13;/h4-5,7-8H,2-3,6,9-10H2,1H3,(H,14,15);1H. The van der Waals surface area contributed by atoms with E-state index in [1.54, 1.807) is 0 Å². The number of aryl methyl sites for hydroxylation is 1. The van der Waals surface area contributed by atoms with Gasteiger partial charge in [-0.25, -0.2) is 0 Å². The molecular weight excluding hydrogens is 220 g/mol. The van der Waals surface area contributed by atoms with E-state index < -0.39 is 0 Å². The molecule has 3 heteroatoms. The van der Waals surface area contributed by atoms with Crippen molar-refractivity contribution in [1.82, 2.24) is 0 Å². The van der Waals surface area contributed by atoms with Gasteiger partial charge in [0.15, 0.2) is 0 Å². The molecule has 16 heavy (non-hydrogen) atoms. The first kappa shape index (κ1) is 13.0. The van der Waals surface area contributed by atoms with Crippen LogP contribution in [0.4, 0.5) is 5.69 Å². The highest BCUT2D eigenvalue weighted by atomic mass is 35.5. The van der Waals surface area contributed by atoms with Crippen molar-refractivity contribution in [3.05, 3.63) is 29.8 Å². The Balaban J connectivity index is 0.00000128. The van der Waals surface area contributed by atoms with E-state index in [-0.39, 0.29) is 12.4 Å². The predicted octanol–water partition coefficient (Wildman–Crippen LogP) is 3.80. The molecule has 1 aliphatic heterocycles. The number of anilines is 1. The molecule has 88 valence electrons. The molecule has 0 spiro atoms. The van der Waals surface area contributed by atoms with Gasteiger partial charge in [0.25, 0.3) is 0 Å². The van der Waals surface area contributed by atoms with E-state index in [1.807, 2.05) is 0 Å². The van der Waals surface area contributed by atoms with Gasteiger partial charge in [0.1, 0.15) is 5.84 Å². The Morgan fingerprint density at radius 2 is 1.94 bits per heavy atom. The average molecular weight is 239 g/mol. The highest BCUT2D eigenvalue weighted by Crippen LogP contribution is 2.15. The first-order valence-electron chi connectivity index (χ1n) is 5.72. The van der Waals surface area contributed by atoms with Crippen molar-refractivity contribution in [3.8, 4) is 0 Å². The molecule has 0 saturated heterocycles. The lowest BCUT2D eigenvalue weighted by Crippen LogP contribution is -2.12. The summed E-state index contributed by atoms with van der Waals surface area (Å²) in [6.45, 7) is 3.10. The van der Waals surface area contributed by atoms with Gasteiger partial charge in [-0.2, -0.15) is 0 Å². The van der Waals surface area contributed by atoms with Crippen LogP contribution in [0.15, 0.2) is 29.3 Å². The van der Waals surface area contributed by atoms with Gasteiger partial charge in [-0.1, -0.05) is 24.6 Å². The van der Waals surface area contributed by atoms with Crippen molar-refractivity contribution in [2.45, 2.75) is 32.6 Å². The third-order valence-electron chi connectivity index (χ3n) is 2.80. The second-order valence-corrected chi connectivity index (χ2v) is 4.08. The number of hydrogen-bond acceptors (Lipinski definition) is 2. The van der Waals surface area contributed by atoms with Crippen LogP contribution in [0.2, 0.25) is 0 Å². The summed E-state index contributed by atoms with van der Waals surface area (Å²) in [5.74, 6) is 1.15. The lowest BCUT2D eigenvalue weighted by Gasteiger charge is -2.10. The minimum absolute atomic E-state index is 0. The summed E-state index contributed by atoms with van der Waals surface area (Å²) in [6.07, 6.45) is 4.90. The Kier molecular flexibility index (Phi) is 5.33. The topological polar surface area (TPSA) is 24.4 Å². The summed E-state index contributed by atoms with van der Waals surface area (Å²) in [7, 11) is 0. The number of nitrogens with zero attached hydrogens (tertiary/aromatic N) is 1. The van der Waals surface area contributed by atoms with Gasteiger partial charge in [0.05, 0.1) is 0 Å². The molecule has 0 bridgehead atoms. The van der Waals surface area contributed by atoms with Crippen molar-refractivity contribution in [1.29, 1.82) is 0 Å². The van der Waals surface area contributed by atoms with Crippen molar-refractivity contribution < 1.29 is 0 Å². The van der Waals surface area contributed by atoms with Crippen molar-refractivity contribution in [2.24, 2.45) is 4.99 Å². The van der Waals surface area contributed by atoms with Crippen LogP contribution in [0.25, 0.3) is 0 Å². The normalized spacial score (nSPS) is 15.7. The molecule has 1 aromatic rings. The van der Waals surface area contributed by atoms with Crippen molar-refractivity contribution in [3.63, 3.8) is 0 Å². The summed E-state index contributed by atoms with van der Waals surface area (Å²) in [5.41, 5.74) is 2.47. The molecule has 1 N–H and O–H groups in total. The van der Waals surface area contributed by atoms with E-state index in [9.17, 15) is 0 Å². The van der Waals surface area contributed by atoms with Gasteiger partial charge in [-0.15, -0.1) is 12.4 Å². The van der Waals surface area contributed by atoms with Gasteiger partial charge >= 0.3 is 0 Å². The molecule has 0 fully saturated rings. The first-order chi connectivity index (χ1) is 7.36. The molecule has 2 nitrogen and oxygen atoms in total. The number of benzene rings is 1. The number of nitrogens with one attached hydrogen (secondary N) is 1. The molecule has 1 aliphatic rings. The van der Waals surface area contributed by atoms with Gasteiger partial charge in [0, 0.05) is 18.7 Å². The van der Waals surface area contributed by atoms with Crippen molar-refractivity contribution in [2.75, 3.05) is 11.9 Å². The second-order valence-electron chi connectivity index (χ2n) is 4.08. The molecular formula is C13H19ClN2. The number of halogens is 1. The van der Waals surface area contributed by atoms with Crippen LogP contribution in [0.5, 0.6) is 0 Å². The molecule has 0 unspecified atom stereocenters. The van der Waals surface area contributed by atoms with Crippen LogP contribution < -0.4 is 5.32 Å². The fraction of sp³-hybridized carbons (Fsp3) is 0.462. The molecule has 1 heterocycles. The Hall–Kier alpha value is -1.02. The SMILES string of the molecule is Cc1ccccc1NC1=NCCCCC1.Cl. The summed E-state index contributed by atoms with van der Waals surface area (Å²) in [4.78, 5) is 4.57. The third kappa shape index (κ3) is 3.53. The molecule has 0 atom stereocenters. The zero-order valence-electron chi connectivity index (χ0n) is 9.70. The number of aliphatic imine (C=N–C) groups is 1. The van der Waals surface area contributed by atoms with E-state index in [0.29, 0.717) is 0 Å². The predicted molar refractivity (Wildman–Crippen MR) is 72.8 cm³/mol. The fourth-order valence-corrected chi connectivity index (χ4v) is 1.84. The maximum Gasteiger partial charge on any atom is 0.101 e. The van der Waals surface area contributed by atoms with Crippen LogP contribution in [-0.2, 0) is 0 Å². The van der Waals surface area contributed by atoms with Gasteiger partial charge in [0.2, 0.25) is 0 Å². The summed E-state index contributed by atoms with van der Waals surface area (Å²) in [5, 5.41) is 3.44. The zero-order valence-corrected chi connectivity index (χ0v) is 10.5. The van der Waals surface area contributed by atoms with E-state index in [0.717, 1.165) is 18.8 Å². The highest BCUT2D eigenvalue weighted by Gasteiger charge is 2.05. The zero-order chi connectivity index (χ0) is 10.5. The average Bonchev–Trinajstić information content (AvgIpc) is 2.50. The summed E-state index contributed by atoms with van der Waals surface area (Å²) >= 11 is 0. The van der Waals surface area contributed by atoms with Crippen molar-refractivity contribution >= 4 is 23.9 Å². The van der Waals surface area contributed by atoms with E-state index in [2.05, 4.69) is 41.5 Å². The van der Waals surface area contributed by atoms with Gasteiger partial charge in [-0.3, -0.25) is 4.99 Å². The lowest BCUT2D eigenvalue weighted by molar-refractivity contribution is 0.731. The molecule has 0 radical (unpaired) electrons. The maximum atomic E-state index is 4.57. The quantitative estimate of drug-likeness (QED) is 0.791. The van der Waals surface area contributed by atoms with Crippen LogP contribution in [0.1, 0.15) is 31.2 Å². The third-order valence-corrected chi connectivity index (χ3v) is 2.80. The maximum absolute atomic E-state index is 4.57. The number of hydrogen-bond donors (Lipinski definition) is 1. The Labute approximate surface area is 104 Å². The summed E-state index contributed by atoms with van der Waals surface area (Å²) < 4.78 is 0. The second kappa shape index (κ2) is 6.54. The highest BCUT2D eigenvalue weighted by molar-refractivity contribution is 5.96. The van der Waals surface area contributed by atoms with Crippen LogP contribution >= 0.6 is 12.4 Å². The Morgan fingerprint density at radius 3 is 2.75 bits per heavy atom. The minimum Gasteiger partial charge on any atom is -0.344 e. The number of rotatable bonds is 1. The monoisotopic (exact) mass is 238 g/mol. The largest absolute Gasteiger partial charge is 0.344 e. The van der Waals surface area contributed by atoms with E-state index in [4.69, 9.17) is 0 Å². The molecule has 2 rings (SSSR count). The number of amidine groups is 1.